The van der Waals surface area contributed by atoms with Gasteiger partial charge in [-0.15, -0.1) is 0 Å². The zero-order valence-corrected chi connectivity index (χ0v) is 30.1. The maximum absolute atomic E-state index is 6.67. The molecular weight excluding hydrogens is 683 g/mol. The minimum Gasteiger partial charge on any atom is -0.457 e. The van der Waals surface area contributed by atoms with E-state index in [1.807, 2.05) is 18.2 Å². The Kier molecular flexibility index (Phi) is 6.52. The summed E-state index contributed by atoms with van der Waals surface area (Å²) >= 11 is 0. The van der Waals surface area contributed by atoms with E-state index in [-0.39, 0.29) is 0 Å². The first-order valence-electron chi connectivity index (χ1n) is 19.0. The van der Waals surface area contributed by atoms with E-state index in [1.54, 1.807) is 0 Å². The first-order valence-corrected chi connectivity index (χ1v) is 19.0. The van der Waals surface area contributed by atoms with Crippen molar-refractivity contribution in [2.45, 2.75) is 5.41 Å². The van der Waals surface area contributed by atoms with E-state index in [4.69, 9.17) is 19.7 Å². The summed E-state index contributed by atoms with van der Waals surface area (Å²) in [5.41, 5.74) is 16.9. The van der Waals surface area contributed by atoms with Crippen LogP contribution in [0.1, 0.15) is 22.3 Å². The first-order chi connectivity index (χ1) is 27.8. The maximum Gasteiger partial charge on any atom is 0.164 e. The van der Waals surface area contributed by atoms with Gasteiger partial charge in [-0.2, -0.15) is 0 Å². The minimum atomic E-state index is -0.512. The van der Waals surface area contributed by atoms with Crippen molar-refractivity contribution in [2.24, 2.45) is 0 Å². The van der Waals surface area contributed by atoms with Gasteiger partial charge in [-0.1, -0.05) is 170 Å². The second kappa shape index (κ2) is 11.8. The van der Waals surface area contributed by atoms with Crippen molar-refractivity contribution < 1.29 is 4.74 Å². The van der Waals surface area contributed by atoms with Gasteiger partial charge >= 0.3 is 0 Å². The van der Waals surface area contributed by atoms with Crippen molar-refractivity contribution >= 4 is 0 Å². The van der Waals surface area contributed by atoms with Crippen LogP contribution in [-0.4, -0.2) is 15.0 Å². The molecule has 12 rings (SSSR count). The average Bonchev–Trinajstić information content (AvgIpc) is 3.56. The van der Waals surface area contributed by atoms with Gasteiger partial charge in [-0.3, -0.25) is 0 Å². The molecule has 0 saturated heterocycles. The topological polar surface area (TPSA) is 47.9 Å². The van der Waals surface area contributed by atoms with Gasteiger partial charge in [0.05, 0.1) is 5.41 Å². The van der Waals surface area contributed by atoms with Crippen molar-refractivity contribution in [1.29, 1.82) is 0 Å². The highest BCUT2D eigenvalue weighted by atomic mass is 16.5. The van der Waals surface area contributed by atoms with Crippen LogP contribution in [0.15, 0.2) is 188 Å². The van der Waals surface area contributed by atoms with Crippen LogP contribution in [0.5, 0.6) is 11.5 Å². The molecule has 0 fully saturated rings. The van der Waals surface area contributed by atoms with Crippen molar-refractivity contribution in [2.75, 3.05) is 0 Å². The van der Waals surface area contributed by atoms with E-state index >= 15 is 0 Å². The number of hydrogen-bond donors (Lipinski definition) is 0. The smallest absolute Gasteiger partial charge is 0.164 e. The molecule has 9 aromatic rings. The average molecular weight is 714 g/mol. The fourth-order valence-electron chi connectivity index (χ4n) is 9.32. The quantitative estimate of drug-likeness (QED) is 0.182. The Morgan fingerprint density at radius 3 is 1.54 bits per heavy atom. The lowest BCUT2D eigenvalue weighted by atomic mass is 9.66. The summed E-state index contributed by atoms with van der Waals surface area (Å²) in [6, 6.07) is 66.5. The molecule has 1 spiro atoms. The molecule has 0 unspecified atom stereocenters. The standard InChI is InChI=1S/C52H31N3O/c1-2-13-33(14-3-1)49-53-50(55-51(54-49)41-20-12-19-40-36-15-4-5-18-39(36)48(40)41)34-27-25-32(26-28-34)35-29-30-47-45(31-35)52(44-23-10-11-24-46(44)56-47)42-21-8-6-16-37(42)38-17-7-9-22-43(38)52/h1-31H. The van der Waals surface area contributed by atoms with E-state index in [2.05, 4.69) is 170 Å². The van der Waals surface area contributed by atoms with Crippen molar-refractivity contribution in [1.82, 2.24) is 15.0 Å². The molecule has 4 nitrogen and oxygen atoms in total. The number of benzene rings is 8. The van der Waals surface area contributed by atoms with E-state index < -0.39 is 5.41 Å². The third-order valence-corrected chi connectivity index (χ3v) is 11.8. The Morgan fingerprint density at radius 1 is 0.304 bits per heavy atom. The number of nitrogens with zero attached hydrogens (tertiary/aromatic N) is 3. The van der Waals surface area contributed by atoms with Crippen LogP contribution >= 0.6 is 0 Å². The van der Waals surface area contributed by atoms with Gasteiger partial charge in [0.2, 0.25) is 0 Å². The lowest BCUT2D eigenvalue weighted by molar-refractivity contribution is 0.436. The zero-order chi connectivity index (χ0) is 36.8. The molecule has 3 aliphatic rings. The van der Waals surface area contributed by atoms with Crippen LogP contribution in [0.3, 0.4) is 0 Å². The summed E-state index contributed by atoms with van der Waals surface area (Å²) in [7, 11) is 0. The molecule has 0 atom stereocenters. The Morgan fingerprint density at radius 2 is 0.804 bits per heavy atom. The summed E-state index contributed by atoms with van der Waals surface area (Å²) < 4.78 is 6.67. The molecule has 0 radical (unpaired) electrons. The lowest BCUT2D eigenvalue weighted by Gasteiger charge is -2.39. The van der Waals surface area contributed by atoms with E-state index in [0.717, 1.165) is 50.4 Å². The summed E-state index contributed by atoms with van der Waals surface area (Å²) in [4.78, 5) is 15.3. The van der Waals surface area contributed by atoms with Gasteiger partial charge < -0.3 is 4.74 Å². The Labute approximate surface area is 324 Å². The molecule has 4 heteroatoms. The lowest BCUT2D eigenvalue weighted by Crippen LogP contribution is -2.32. The maximum atomic E-state index is 6.67. The van der Waals surface area contributed by atoms with E-state index in [0.29, 0.717) is 17.5 Å². The summed E-state index contributed by atoms with van der Waals surface area (Å²) in [6.07, 6.45) is 0. The number of aromatic nitrogens is 3. The van der Waals surface area contributed by atoms with E-state index in [1.165, 1.54) is 44.5 Å². The minimum absolute atomic E-state index is 0.512. The van der Waals surface area contributed by atoms with Crippen molar-refractivity contribution in [3.63, 3.8) is 0 Å². The first kappa shape index (κ1) is 31.0. The summed E-state index contributed by atoms with van der Waals surface area (Å²) in [5, 5.41) is 0. The van der Waals surface area contributed by atoms with Gasteiger partial charge in [0.1, 0.15) is 11.5 Å². The summed E-state index contributed by atoms with van der Waals surface area (Å²) in [6.45, 7) is 0. The second-order valence-electron chi connectivity index (χ2n) is 14.7. The van der Waals surface area contributed by atoms with Crippen molar-refractivity contribution in [3.05, 3.63) is 210 Å². The van der Waals surface area contributed by atoms with Crippen LogP contribution in [-0.2, 0) is 5.41 Å². The molecule has 56 heavy (non-hydrogen) atoms. The van der Waals surface area contributed by atoms with Crippen LogP contribution in [0, 0.1) is 0 Å². The monoisotopic (exact) mass is 713 g/mol. The fourth-order valence-corrected chi connectivity index (χ4v) is 9.32. The van der Waals surface area contributed by atoms with E-state index in [9.17, 15) is 0 Å². The Hall–Kier alpha value is -7.43. The SMILES string of the molecule is c1ccc(-c2nc(-c3ccc(-c4ccc5c(c4)C4(c6ccccc6O5)c5ccccc5-c5ccccc54)cc3)nc(-c3cccc4c3-c3ccccc3-4)n2)cc1. The normalized spacial score (nSPS) is 13.3. The number of rotatable bonds is 4. The van der Waals surface area contributed by atoms with Crippen LogP contribution in [0.4, 0.5) is 0 Å². The molecular formula is C52H31N3O. The van der Waals surface area contributed by atoms with Gasteiger partial charge in [0.25, 0.3) is 0 Å². The number of para-hydroxylation sites is 1. The third kappa shape index (κ3) is 4.32. The van der Waals surface area contributed by atoms with Gasteiger partial charge in [-0.05, 0) is 68.3 Å². The predicted molar refractivity (Wildman–Crippen MR) is 223 cm³/mol. The molecule has 2 aliphatic carbocycles. The molecule has 1 aliphatic heterocycles. The molecule has 0 saturated carbocycles. The third-order valence-electron chi connectivity index (χ3n) is 11.8. The van der Waals surface area contributed by atoms with Crippen molar-refractivity contribution in [3.8, 4) is 90.2 Å². The molecule has 0 N–H and O–H groups in total. The molecule has 1 aromatic heterocycles. The van der Waals surface area contributed by atoms with Crippen LogP contribution in [0.25, 0.3) is 78.7 Å². The fraction of sp³-hybridized carbons (Fsp3) is 0.0192. The van der Waals surface area contributed by atoms with Crippen LogP contribution in [0.2, 0.25) is 0 Å². The highest BCUT2D eigenvalue weighted by molar-refractivity contribution is 6.08. The zero-order valence-electron chi connectivity index (χ0n) is 30.1. The van der Waals surface area contributed by atoms with Gasteiger partial charge in [0, 0.05) is 33.4 Å². The summed E-state index contributed by atoms with van der Waals surface area (Å²) in [5.74, 6) is 3.73. The number of fused-ring (bicyclic) bond motifs is 13. The van der Waals surface area contributed by atoms with Crippen LogP contribution < -0.4 is 4.74 Å². The Balaban J connectivity index is 0.985. The van der Waals surface area contributed by atoms with Gasteiger partial charge in [-0.25, -0.2) is 15.0 Å². The number of ether oxygens (including phenoxy) is 1. The molecule has 260 valence electrons. The largest absolute Gasteiger partial charge is 0.457 e. The Bertz CT molecular complexity index is 3010. The molecule has 2 heterocycles. The molecule has 8 aromatic carbocycles. The predicted octanol–water partition coefficient (Wildman–Crippen LogP) is 12.7. The molecule has 0 amide bonds. The highest BCUT2D eigenvalue weighted by Gasteiger charge is 2.51. The highest BCUT2D eigenvalue weighted by Crippen LogP contribution is 2.62. The second-order valence-corrected chi connectivity index (χ2v) is 14.7. The molecule has 0 bridgehead atoms. The number of hydrogen-bond acceptors (Lipinski definition) is 4. The van der Waals surface area contributed by atoms with Gasteiger partial charge in [0.15, 0.2) is 17.5 Å².